The minimum Gasteiger partial charge on any atom is -0.375 e. The number of hydrazine groups is 1. The van der Waals surface area contributed by atoms with Crippen molar-refractivity contribution in [2.75, 3.05) is 18.7 Å². The van der Waals surface area contributed by atoms with E-state index in [2.05, 4.69) is 27.3 Å². The van der Waals surface area contributed by atoms with Crippen LogP contribution in [-0.2, 0) is 0 Å². The topological polar surface area (TPSA) is 178 Å². The highest BCUT2D eigenvalue weighted by Crippen LogP contribution is 2.13. The van der Waals surface area contributed by atoms with Crippen LogP contribution < -0.4 is 27.0 Å². The number of aliphatic imine (C=N–C) groups is 2. The highest BCUT2D eigenvalue weighted by Gasteiger charge is 2.11. The van der Waals surface area contributed by atoms with Gasteiger partial charge in [0.05, 0.1) is 11.4 Å². The lowest BCUT2D eigenvalue weighted by Gasteiger charge is -2.20. The summed E-state index contributed by atoms with van der Waals surface area (Å²) in [6.07, 6.45) is 8.05. The largest absolute Gasteiger partial charge is 0.375 e. The molecule has 188 valence electrons. The Morgan fingerprint density at radius 3 is 2.53 bits per heavy atom. The second-order valence-electron chi connectivity index (χ2n) is 7.64. The minimum atomic E-state index is 0.104. The highest BCUT2D eigenvalue weighted by molar-refractivity contribution is 6.08. The van der Waals surface area contributed by atoms with Crippen molar-refractivity contribution in [1.82, 2.24) is 15.2 Å². The maximum absolute atomic E-state index is 8.43. The van der Waals surface area contributed by atoms with Crippen LogP contribution in [0.1, 0.15) is 24.0 Å². The first-order chi connectivity index (χ1) is 17.3. The Kier molecular flexibility index (Phi) is 10.7. The number of aryl methyl sites for hydroxylation is 1. The quantitative estimate of drug-likeness (QED) is 0.105. The van der Waals surface area contributed by atoms with E-state index >= 15 is 0 Å². The fourth-order valence-electron chi connectivity index (χ4n) is 3.12. The summed E-state index contributed by atoms with van der Waals surface area (Å²) in [5.74, 6) is 7.05. The summed E-state index contributed by atoms with van der Waals surface area (Å²) in [6.45, 7) is 5.66. The van der Waals surface area contributed by atoms with Crippen molar-refractivity contribution in [2.45, 2.75) is 19.8 Å². The van der Waals surface area contributed by atoms with Gasteiger partial charge in [-0.2, -0.15) is 0 Å². The molecule has 0 aliphatic rings. The van der Waals surface area contributed by atoms with Crippen LogP contribution in [0.4, 0.5) is 5.69 Å². The molecular formula is C25H33N11. The summed E-state index contributed by atoms with van der Waals surface area (Å²) in [4.78, 5) is 8.24. The van der Waals surface area contributed by atoms with E-state index in [1.165, 1.54) is 15.8 Å². The maximum atomic E-state index is 8.43. The van der Waals surface area contributed by atoms with Crippen LogP contribution in [0.25, 0.3) is 0 Å². The molecule has 11 heteroatoms. The van der Waals surface area contributed by atoms with Crippen LogP contribution in [-0.4, -0.2) is 48.6 Å². The summed E-state index contributed by atoms with van der Waals surface area (Å²) < 4.78 is 1.45. The highest BCUT2D eigenvalue weighted by atomic mass is 15.4. The molecule has 36 heavy (non-hydrogen) atoms. The number of pyridine rings is 1. The summed E-state index contributed by atoms with van der Waals surface area (Å²) in [5.41, 5.74) is 3.16. The van der Waals surface area contributed by atoms with Crippen molar-refractivity contribution in [3.8, 4) is 0 Å². The fourth-order valence-corrected chi connectivity index (χ4v) is 3.12. The molecule has 11 nitrogen and oxygen atoms in total. The number of benzene rings is 1. The number of hydrogen-bond acceptors (Lipinski definition) is 9. The van der Waals surface area contributed by atoms with Crippen LogP contribution in [0.2, 0.25) is 0 Å². The summed E-state index contributed by atoms with van der Waals surface area (Å²) in [6, 6.07) is 10.9. The molecule has 0 aliphatic heterocycles. The SMILES string of the molecule is C=N/C=C\C(=N/CN/C(=C/C=N)NC)c1ccn(C(=N)CCC(=N)N(N)c2ccc(C)cc2)c(=N)c1. The zero-order valence-corrected chi connectivity index (χ0v) is 20.5. The Balaban J connectivity index is 2.11. The monoisotopic (exact) mass is 487 g/mol. The molecule has 0 fully saturated rings. The van der Waals surface area contributed by atoms with E-state index in [0.717, 1.165) is 11.8 Å². The van der Waals surface area contributed by atoms with Crippen LogP contribution in [0.3, 0.4) is 0 Å². The second-order valence-corrected chi connectivity index (χ2v) is 7.64. The molecule has 8 N–H and O–H groups in total. The number of hydrogen-bond donors (Lipinski definition) is 7. The first kappa shape index (κ1) is 27.6. The van der Waals surface area contributed by atoms with E-state index < -0.39 is 0 Å². The lowest BCUT2D eigenvalue weighted by Crippen LogP contribution is -2.37. The molecule has 0 saturated heterocycles. The molecule has 0 saturated carbocycles. The lowest BCUT2D eigenvalue weighted by atomic mass is 10.1. The first-order valence-corrected chi connectivity index (χ1v) is 11.1. The van der Waals surface area contributed by atoms with Crippen molar-refractivity contribution in [1.29, 1.82) is 21.6 Å². The van der Waals surface area contributed by atoms with Gasteiger partial charge < -0.3 is 16.0 Å². The number of rotatable bonds is 12. The van der Waals surface area contributed by atoms with E-state index in [1.54, 1.807) is 37.5 Å². The third-order valence-electron chi connectivity index (χ3n) is 5.12. The predicted molar refractivity (Wildman–Crippen MR) is 147 cm³/mol. The van der Waals surface area contributed by atoms with Gasteiger partial charge in [-0.3, -0.25) is 35.8 Å². The van der Waals surface area contributed by atoms with Crippen molar-refractivity contribution in [2.24, 2.45) is 15.8 Å². The third kappa shape index (κ3) is 7.99. The molecule has 1 aromatic heterocycles. The van der Waals surface area contributed by atoms with Gasteiger partial charge in [0, 0.05) is 44.1 Å². The van der Waals surface area contributed by atoms with Gasteiger partial charge in [-0.1, -0.05) is 17.7 Å². The number of nitrogens with one attached hydrogen (secondary N) is 6. The predicted octanol–water partition coefficient (Wildman–Crippen LogP) is 2.50. The van der Waals surface area contributed by atoms with Crippen LogP contribution >= 0.6 is 0 Å². The molecule has 0 bridgehead atoms. The first-order valence-electron chi connectivity index (χ1n) is 11.1. The van der Waals surface area contributed by atoms with Gasteiger partial charge in [-0.15, -0.1) is 0 Å². The van der Waals surface area contributed by atoms with Crippen LogP contribution in [0, 0.1) is 28.6 Å². The molecule has 0 aliphatic carbocycles. The maximum Gasteiger partial charge on any atom is 0.130 e. The molecule has 0 unspecified atom stereocenters. The molecular weight excluding hydrogens is 454 g/mol. The standard InChI is InChI=1S/C25H33N11/c1-18-4-6-20(7-5-18)36(30)23(28)9-8-22(27)35-15-12-19(16-24(35)29)21(11-14-31-2)33-17-34-25(32-3)10-13-26/h4-7,10-16,26-29,32,34H,2,8-9,17,30H2,1,3H3/b14-11-,25-10+,26-13?,27-22?,28-23?,29-24?,33-21+. The van der Waals surface area contributed by atoms with E-state index in [-0.39, 0.29) is 36.7 Å². The summed E-state index contributed by atoms with van der Waals surface area (Å²) in [5, 5.41) is 39.6. The van der Waals surface area contributed by atoms with E-state index in [9.17, 15) is 0 Å². The molecule has 0 atom stereocenters. The smallest absolute Gasteiger partial charge is 0.130 e. The van der Waals surface area contributed by atoms with Crippen LogP contribution in [0.15, 0.2) is 76.8 Å². The van der Waals surface area contributed by atoms with E-state index in [0.29, 0.717) is 22.8 Å². The molecule has 2 aromatic rings. The van der Waals surface area contributed by atoms with Crippen molar-refractivity contribution < 1.29 is 0 Å². The van der Waals surface area contributed by atoms with E-state index in [4.69, 9.17) is 27.5 Å². The zero-order chi connectivity index (χ0) is 26.5. The van der Waals surface area contributed by atoms with Gasteiger partial charge in [-0.05, 0) is 50.1 Å². The van der Waals surface area contributed by atoms with E-state index in [1.807, 2.05) is 31.2 Å². The van der Waals surface area contributed by atoms with Crippen molar-refractivity contribution in [3.63, 3.8) is 0 Å². The number of allylic oxidation sites excluding steroid dienone is 2. The fraction of sp³-hybridized carbons (Fsp3) is 0.200. The second kappa shape index (κ2) is 13.9. The Morgan fingerprint density at radius 2 is 1.92 bits per heavy atom. The molecule has 0 radical (unpaired) electrons. The van der Waals surface area contributed by atoms with Gasteiger partial charge in [0.1, 0.15) is 29.6 Å². The Labute approximate surface area is 210 Å². The summed E-state index contributed by atoms with van der Waals surface area (Å²) >= 11 is 0. The Morgan fingerprint density at radius 1 is 1.19 bits per heavy atom. The number of nitrogens with two attached hydrogens (primary N) is 1. The third-order valence-corrected chi connectivity index (χ3v) is 5.12. The van der Waals surface area contributed by atoms with Crippen LogP contribution in [0.5, 0.6) is 0 Å². The van der Waals surface area contributed by atoms with Gasteiger partial charge in [-0.25, -0.2) is 5.84 Å². The van der Waals surface area contributed by atoms with Gasteiger partial charge in [0.25, 0.3) is 0 Å². The zero-order valence-electron chi connectivity index (χ0n) is 20.5. The molecule has 1 aromatic carbocycles. The molecule has 0 spiro atoms. The normalized spacial score (nSPS) is 11.8. The summed E-state index contributed by atoms with van der Waals surface area (Å²) in [7, 11) is 1.74. The minimum absolute atomic E-state index is 0.104. The van der Waals surface area contributed by atoms with Gasteiger partial charge in [0.15, 0.2) is 0 Å². The number of nitrogens with zero attached hydrogens (tertiary/aromatic N) is 4. The molecule has 0 amide bonds. The average molecular weight is 488 g/mol. The Bertz CT molecular complexity index is 1230. The number of aromatic nitrogens is 1. The van der Waals surface area contributed by atoms with Crippen molar-refractivity contribution in [3.05, 3.63) is 83.4 Å². The molecule has 1 heterocycles. The average Bonchev–Trinajstić information content (AvgIpc) is 2.88. The molecule has 2 rings (SSSR count). The number of anilines is 1. The van der Waals surface area contributed by atoms with Crippen molar-refractivity contribution >= 4 is 36.0 Å². The lowest BCUT2D eigenvalue weighted by molar-refractivity contribution is 0.753. The number of amidine groups is 1. The van der Waals surface area contributed by atoms with Gasteiger partial charge in [0.2, 0.25) is 0 Å². The van der Waals surface area contributed by atoms with Gasteiger partial charge >= 0.3 is 0 Å². The Hall–Kier alpha value is -4.64.